The molecule has 2 rings (SSSR count). The quantitative estimate of drug-likeness (QED) is 0.857. The van der Waals surface area contributed by atoms with E-state index in [4.69, 9.17) is 9.84 Å². The monoisotopic (exact) mass is 218 g/mol. The third kappa shape index (κ3) is 2.34. The summed E-state index contributed by atoms with van der Waals surface area (Å²) in [4.78, 5) is 0. The van der Waals surface area contributed by atoms with Crippen LogP contribution in [-0.4, -0.2) is 14.9 Å². The number of aryl methyl sites for hydroxylation is 2. The van der Waals surface area contributed by atoms with Gasteiger partial charge in [-0.05, 0) is 37.3 Å². The molecule has 0 aliphatic rings. The number of phenolic OH excluding ortho intramolecular Hbond substituents is 1. The van der Waals surface area contributed by atoms with Crippen LogP contribution < -0.4 is 4.74 Å². The van der Waals surface area contributed by atoms with Crippen molar-refractivity contribution >= 4 is 0 Å². The largest absolute Gasteiger partial charge is 0.508 e. The summed E-state index contributed by atoms with van der Waals surface area (Å²) in [6.07, 6.45) is 0. The van der Waals surface area contributed by atoms with Crippen LogP contribution in [0.4, 0.5) is 0 Å². The predicted octanol–water partition coefficient (Wildman–Crippen LogP) is 2.01. The molecule has 84 valence electrons. The Labute approximate surface area is 94.1 Å². The van der Waals surface area contributed by atoms with E-state index in [1.54, 1.807) is 28.9 Å². The normalized spacial score (nSPS) is 10.4. The van der Waals surface area contributed by atoms with Crippen LogP contribution in [0, 0.1) is 6.92 Å². The van der Waals surface area contributed by atoms with E-state index in [-0.39, 0.29) is 5.75 Å². The van der Waals surface area contributed by atoms with Crippen LogP contribution in [0.3, 0.4) is 0 Å². The lowest BCUT2D eigenvalue weighted by Gasteiger charge is -2.06. The van der Waals surface area contributed by atoms with Crippen LogP contribution in [0.15, 0.2) is 30.3 Å². The zero-order valence-electron chi connectivity index (χ0n) is 9.34. The van der Waals surface area contributed by atoms with Crippen molar-refractivity contribution in [3.8, 4) is 11.5 Å². The molecule has 0 amide bonds. The second kappa shape index (κ2) is 4.26. The molecule has 4 heteroatoms. The second-order valence-corrected chi connectivity index (χ2v) is 3.68. The Morgan fingerprint density at radius 2 is 2.00 bits per heavy atom. The van der Waals surface area contributed by atoms with Gasteiger partial charge in [-0.1, -0.05) is 0 Å². The molecular formula is C12H14N2O2. The van der Waals surface area contributed by atoms with Crippen LogP contribution >= 0.6 is 0 Å². The number of rotatable bonds is 3. The Bertz CT molecular complexity index is 474. The van der Waals surface area contributed by atoms with Crippen molar-refractivity contribution in [3.63, 3.8) is 0 Å². The lowest BCUT2D eigenvalue weighted by atomic mass is 10.3. The van der Waals surface area contributed by atoms with Gasteiger partial charge in [0.15, 0.2) is 0 Å². The van der Waals surface area contributed by atoms with Crippen molar-refractivity contribution in [2.45, 2.75) is 13.5 Å². The number of hydrogen-bond donors (Lipinski definition) is 1. The number of aromatic nitrogens is 2. The van der Waals surface area contributed by atoms with Gasteiger partial charge in [-0.3, -0.25) is 4.68 Å². The summed E-state index contributed by atoms with van der Waals surface area (Å²) in [7, 11) is 1.89. The smallest absolute Gasteiger partial charge is 0.130 e. The molecular weight excluding hydrogens is 204 g/mol. The fourth-order valence-electron chi connectivity index (χ4n) is 1.50. The van der Waals surface area contributed by atoms with Gasteiger partial charge in [-0.2, -0.15) is 5.10 Å². The second-order valence-electron chi connectivity index (χ2n) is 3.68. The molecule has 0 radical (unpaired) electrons. The van der Waals surface area contributed by atoms with E-state index in [9.17, 15) is 0 Å². The number of hydrogen-bond acceptors (Lipinski definition) is 3. The number of aromatic hydroxyl groups is 1. The van der Waals surface area contributed by atoms with Crippen molar-refractivity contribution < 1.29 is 9.84 Å². The molecule has 0 spiro atoms. The summed E-state index contributed by atoms with van der Waals surface area (Å²) in [6.45, 7) is 2.42. The van der Waals surface area contributed by atoms with Gasteiger partial charge in [0.2, 0.25) is 0 Å². The van der Waals surface area contributed by atoms with Gasteiger partial charge in [-0.15, -0.1) is 0 Å². The van der Waals surface area contributed by atoms with Gasteiger partial charge >= 0.3 is 0 Å². The first-order chi connectivity index (χ1) is 7.65. The van der Waals surface area contributed by atoms with Gasteiger partial charge < -0.3 is 9.84 Å². The lowest BCUT2D eigenvalue weighted by Crippen LogP contribution is -2.02. The minimum Gasteiger partial charge on any atom is -0.508 e. The fraction of sp³-hybridized carbons (Fsp3) is 0.250. The van der Waals surface area contributed by atoms with E-state index in [0.717, 1.165) is 17.1 Å². The Hall–Kier alpha value is -1.97. The summed E-state index contributed by atoms with van der Waals surface area (Å²) < 4.78 is 7.37. The third-order valence-electron chi connectivity index (χ3n) is 2.32. The molecule has 1 aromatic carbocycles. The fourth-order valence-corrected chi connectivity index (χ4v) is 1.50. The van der Waals surface area contributed by atoms with Crippen LogP contribution in [-0.2, 0) is 13.7 Å². The van der Waals surface area contributed by atoms with Gasteiger partial charge in [0.05, 0.1) is 11.4 Å². The SMILES string of the molecule is Cc1cc(COc2ccc(O)cc2)n(C)n1. The Morgan fingerprint density at radius 1 is 1.31 bits per heavy atom. The van der Waals surface area contributed by atoms with E-state index >= 15 is 0 Å². The predicted molar refractivity (Wildman–Crippen MR) is 60.4 cm³/mol. The number of nitrogens with zero attached hydrogens (tertiary/aromatic N) is 2. The van der Waals surface area contributed by atoms with Crippen LogP contribution in [0.5, 0.6) is 11.5 Å². The molecule has 0 atom stereocenters. The van der Waals surface area contributed by atoms with Crippen molar-refractivity contribution in [1.82, 2.24) is 9.78 Å². The molecule has 0 saturated carbocycles. The summed E-state index contributed by atoms with van der Waals surface area (Å²) in [5.41, 5.74) is 2.00. The van der Waals surface area contributed by atoms with Gasteiger partial charge in [0, 0.05) is 7.05 Å². The van der Waals surface area contributed by atoms with Crippen LogP contribution in [0.25, 0.3) is 0 Å². The Kier molecular flexibility index (Phi) is 2.81. The first-order valence-corrected chi connectivity index (χ1v) is 5.06. The van der Waals surface area contributed by atoms with Crippen LogP contribution in [0.2, 0.25) is 0 Å². The first kappa shape index (κ1) is 10.5. The summed E-state index contributed by atoms with van der Waals surface area (Å²) in [5, 5.41) is 13.4. The molecule has 0 bridgehead atoms. The van der Waals surface area contributed by atoms with Crippen molar-refractivity contribution in [3.05, 3.63) is 41.7 Å². The van der Waals surface area contributed by atoms with E-state index in [0.29, 0.717) is 6.61 Å². The number of ether oxygens (including phenoxy) is 1. The van der Waals surface area contributed by atoms with E-state index in [1.807, 2.05) is 20.0 Å². The molecule has 2 aromatic rings. The van der Waals surface area contributed by atoms with Crippen molar-refractivity contribution in [1.29, 1.82) is 0 Å². The highest BCUT2D eigenvalue weighted by Crippen LogP contribution is 2.17. The highest BCUT2D eigenvalue weighted by atomic mass is 16.5. The molecule has 0 saturated heterocycles. The molecule has 0 unspecified atom stereocenters. The molecule has 4 nitrogen and oxygen atoms in total. The maximum atomic E-state index is 9.12. The minimum absolute atomic E-state index is 0.240. The van der Waals surface area contributed by atoms with Crippen LogP contribution in [0.1, 0.15) is 11.4 Å². The maximum absolute atomic E-state index is 9.12. The highest BCUT2D eigenvalue weighted by Gasteiger charge is 2.02. The summed E-state index contributed by atoms with van der Waals surface area (Å²) >= 11 is 0. The zero-order chi connectivity index (χ0) is 11.5. The maximum Gasteiger partial charge on any atom is 0.130 e. The standard InChI is InChI=1S/C12H14N2O2/c1-9-7-10(14(2)13-9)8-16-12-5-3-11(15)4-6-12/h3-7,15H,8H2,1-2H3. The van der Waals surface area contributed by atoms with Gasteiger partial charge in [0.1, 0.15) is 18.1 Å². The Morgan fingerprint density at radius 3 is 2.56 bits per heavy atom. The number of benzene rings is 1. The summed E-state index contributed by atoms with van der Waals surface area (Å²) in [6, 6.07) is 8.66. The van der Waals surface area contributed by atoms with E-state index in [2.05, 4.69) is 5.10 Å². The first-order valence-electron chi connectivity index (χ1n) is 5.06. The third-order valence-corrected chi connectivity index (χ3v) is 2.32. The molecule has 0 fully saturated rings. The molecule has 0 aliphatic heterocycles. The average Bonchev–Trinajstić information content (AvgIpc) is 2.57. The average molecular weight is 218 g/mol. The molecule has 1 aromatic heterocycles. The zero-order valence-corrected chi connectivity index (χ0v) is 9.34. The molecule has 1 N–H and O–H groups in total. The lowest BCUT2D eigenvalue weighted by molar-refractivity contribution is 0.294. The molecule has 0 aliphatic carbocycles. The summed E-state index contributed by atoms with van der Waals surface area (Å²) in [5.74, 6) is 0.973. The van der Waals surface area contributed by atoms with Gasteiger partial charge in [0.25, 0.3) is 0 Å². The van der Waals surface area contributed by atoms with E-state index in [1.165, 1.54) is 0 Å². The van der Waals surface area contributed by atoms with Crippen molar-refractivity contribution in [2.24, 2.45) is 7.05 Å². The molecule has 1 heterocycles. The molecule has 16 heavy (non-hydrogen) atoms. The van der Waals surface area contributed by atoms with Gasteiger partial charge in [-0.25, -0.2) is 0 Å². The topological polar surface area (TPSA) is 47.3 Å². The minimum atomic E-state index is 0.240. The Balaban J connectivity index is 2.02. The van der Waals surface area contributed by atoms with Crippen molar-refractivity contribution in [2.75, 3.05) is 0 Å². The number of phenols is 1. The highest BCUT2D eigenvalue weighted by molar-refractivity contribution is 5.30. The van der Waals surface area contributed by atoms with E-state index < -0.39 is 0 Å².